The second kappa shape index (κ2) is 5.47. The Morgan fingerprint density at radius 3 is 2.80 bits per heavy atom. The molecule has 1 saturated heterocycles. The summed E-state index contributed by atoms with van der Waals surface area (Å²) in [5.74, 6) is 0.695. The molecular weight excluding hydrogens is 270 g/mol. The molecule has 1 N–H and O–H groups in total. The first kappa shape index (κ1) is 14.0. The fraction of sp³-hybridized carbons (Fsp3) is 0.667. The van der Waals surface area contributed by atoms with Gasteiger partial charge in [-0.3, -0.25) is 4.40 Å². The lowest BCUT2D eigenvalue weighted by molar-refractivity contribution is -0.0233. The lowest BCUT2D eigenvalue weighted by Gasteiger charge is -2.38. The van der Waals surface area contributed by atoms with Gasteiger partial charge in [-0.2, -0.15) is 0 Å². The highest BCUT2D eigenvalue weighted by Gasteiger charge is 2.33. The molecule has 20 heavy (non-hydrogen) atoms. The molecule has 0 unspecified atom stereocenters. The van der Waals surface area contributed by atoms with Crippen molar-refractivity contribution in [3.05, 3.63) is 23.5 Å². The third-order valence-electron chi connectivity index (χ3n) is 4.06. The van der Waals surface area contributed by atoms with Crippen molar-refractivity contribution in [2.24, 2.45) is 5.92 Å². The number of imidazole rings is 1. The quantitative estimate of drug-likeness (QED) is 0.941. The number of rotatable bonds is 4. The average Bonchev–Trinajstić information content (AvgIpc) is 2.92. The monoisotopic (exact) mass is 293 g/mol. The molecule has 0 aliphatic carbocycles. The number of nitrogens with zero attached hydrogens (tertiary/aromatic N) is 3. The molecule has 1 aliphatic heterocycles. The summed E-state index contributed by atoms with van der Waals surface area (Å²) in [6.07, 6.45) is 6.45. The van der Waals surface area contributed by atoms with E-state index in [1.165, 1.54) is 0 Å². The summed E-state index contributed by atoms with van der Waals surface area (Å²) in [7, 11) is 0. The van der Waals surface area contributed by atoms with Gasteiger partial charge in [-0.25, -0.2) is 4.98 Å². The Hall–Kier alpha value is -0.910. The van der Waals surface area contributed by atoms with Crippen molar-refractivity contribution in [3.63, 3.8) is 0 Å². The number of hydrogen-bond donors (Lipinski definition) is 1. The number of aliphatic hydroxyl groups is 1. The van der Waals surface area contributed by atoms with Gasteiger partial charge in [0.15, 0.2) is 4.96 Å². The van der Waals surface area contributed by atoms with E-state index < -0.39 is 5.60 Å². The molecule has 3 rings (SSSR count). The number of piperidine rings is 1. The molecule has 1 aliphatic rings. The van der Waals surface area contributed by atoms with Crippen LogP contribution in [-0.2, 0) is 6.42 Å². The first-order valence-corrected chi connectivity index (χ1v) is 8.28. The molecule has 3 heterocycles. The minimum absolute atomic E-state index is 0.572. The first-order chi connectivity index (χ1) is 9.54. The smallest absolute Gasteiger partial charge is 0.193 e. The van der Waals surface area contributed by atoms with E-state index in [9.17, 15) is 5.11 Å². The maximum atomic E-state index is 10.8. The third kappa shape index (κ3) is 3.05. The standard InChI is InChI=1S/C15H23N3OS/c1-12(2)10-17-5-3-15(19,4-6-17)9-13-11-18-7-8-20-14(18)16-13/h7-8,11-12,19H,3-6,9-10H2,1-2H3. The highest BCUT2D eigenvalue weighted by atomic mass is 32.1. The van der Waals surface area contributed by atoms with Crippen molar-refractivity contribution in [3.8, 4) is 0 Å². The third-order valence-corrected chi connectivity index (χ3v) is 4.83. The summed E-state index contributed by atoms with van der Waals surface area (Å²) in [6.45, 7) is 7.63. The topological polar surface area (TPSA) is 40.8 Å². The minimum atomic E-state index is -0.572. The molecule has 0 bridgehead atoms. The highest BCUT2D eigenvalue weighted by Crippen LogP contribution is 2.27. The van der Waals surface area contributed by atoms with Crippen molar-refractivity contribution in [1.29, 1.82) is 0 Å². The Bertz CT molecular complexity index is 538. The van der Waals surface area contributed by atoms with E-state index in [-0.39, 0.29) is 0 Å². The summed E-state index contributed by atoms with van der Waals surface area (Å²) in [5, 5.41) is 12.8. The van der Waals surface area contributed by atoms with Gasteiger partial charge in [0, 0.05) is 43.8 Å². The molecule has 2 aromatic rings. The highest BCUT2D eigenvalue weighted by molar-refractivity contribution is 7.15. The zero-order valence-corrected chi connectivity index (χ0v) is 13.1. The molecule has 1 fully saturated rings. The lowest BCUT2D eigenvalue weighted by atomic mass is 9.87. The van der Waals surface area contributed by atoms with Crippen LogP contribution in [0.1, 0.15) is 32.4 Å². The predicted molar refractivity (Wildman–Crippen MR) is 82.2 cm³/mol. The van der Waals surface area contributed by atoms with Crippen LogP contribution in [0.4, 0.5) is 0 Å². The second-order valence-corrected chi connectivity index (χ2v) is 7.29. The number of likely N-dealkylation sites (tertiary alicyclic amines) is 1. The van der Waals surface area contributed by atoms with E-state index >= 15 is 0 Å². The normalized spacial score (nSPS) is 20.0. The van der Waals surface area contributed by atoms with E-state index in [0.29, 0.717) is 12.3 Å². The van der Waals surface area contributed by atoms with Gasteiger partial charge < -0.3 is 10.0 Å². The van der Waals surface area contributed by atoms with Gasteiger partial charge in [-0.15, -0.1) is 11.3 Å². The van der Waals surface area contributed by atoms with E-state index in [4.69, 9.17) is 0 Å². The minimum Gasteiger partial charge on any atom is -0.389 e. The zero-order valence-electron chi connectivity index (χ0n) is 12.2. The van der Waals surface area contributed by atoms with Gasteiger partial charge in [-0.05, 0) is 18.8 Å². The zero-order chi connectivity index (χ0) is 14.2. The molecule has 0 amide bonds. The molecular formula is C15H23N3OS. The number of fused-ring (bicyclic) bond motifs is 1. The van der Waals surface area contributed by atoms with Crippen LogP contribution >= 0.6 is 11.3 Å². The van der Waals surface area contributed by atoms with Crippen LogP contribution in [0.25, 0.3) is 4.96 Å². The van der Waals surface area contributed by atoms with Gasteiger partial charge in [0.2, 0.25) is 0 Å². The largest absolute Gasteiger partial charge is 0.389 e. The van der Waals surface area contributed by atoms with Crippen molar-refractivity contribution < 1.29 is 5.11 Å². The molecule has 0 radical (unpaired) electrons. The molecule has 0 atom stereocenters. The summed E-state index contributed by atoms with van der Waals surface area (Å²) >= 11 is 1.64. The van der Waals surface area contributed by atoms with Crippen LogP contribution in [0.3, 0.4) is 0 Å². The van der Waals surface area contributed by atoms with Gasteiger partial charge in [0.05, 0.1) is 11.3 Å². The van der Waals surface area contributed by atoms with E-state index in [2.05, 4.69) is 23.7 Å². The average molecular weight is 293 g/mol. The van der Waals surface area contributed by atoms with Gasteiger partial charge in [-0.1, -0.05) is 13.8 Å². The van der Waals surface area contributed by atoms with E-state index in [1.807, 2.05) is 22.2 Å². The van der Waals surface area contributed by atoms with Crippen LogP contribution in [0, 0.1) is 5.92 Å². The number of thiazole rings is 1. The summed E-state index contributed by atoms with van der Waals surface area (Å²) in [5.41, 5.74) is 0.439. The Morgan fingerprint density at radius 2 is 2.15 bits per heavy atom. The van der Waals surface area contributed by atoms with Gasteiger partial charge in [0.1, 0.15) is 0 Å². The SMILES string of the molecule is CC(C)CN1CCC(O)(Cc2cn3ccsc3n2)CC1. The molecule has 5 heteroatoms. The lowest BCUT2D eigenvalue weighted by Crippen LogP contribution is -2.46. The van der Waals surface area contributed by atoms with Crippen molar-refractivity contribution in [1.82, 2.24) is 14.3 Å². The maximum Gasteiger partial charge on any atom is 0.193 e. The summed E-state index contributed by atoms with van der Waals surface area (Å²) < 4.78 is 2.04. The Labute approximate surface area is 124 Å². The summed E-state index contributed by atoms with van der Waals surface area (Å²) in [6, 6.07) is 0. The van der Waals surface area contributed by atoms with Crippen molar-refractivity contribution in [2.75, 3.05) is 19.6 Å². The van der Waals surface area contributed by atoms with E-state index in [0.717, 1.165) is 43.1 Å². The van der Waals surface area contributed by atoms with Crippen molar-refractivity contribution >= 4 is 16.3 Å². The predicted octanol–water partition coefficient (Wildman–Crippen LogP) is 2.42. The van der Waals surface area contributed by atoms with Crippen LogP contribution in [0.2, 0.25) is 0 Å². The van der Waals surface area contributed by atoms with Crippen LogP contribution in [-0.4, -0.2) is 44.6 Å². The number of hydrogen-bond acceptors (Lipinski definition) is 4. The summed E-state index contributed by atoms with van der Waals surface area (Å²) in [4.78, 5) is 8.07. The van der Waals surface area contributed by atoms with Gasteiger partial charge >= 0.3 is 0 Å². The fourth-order valence-electron chi connectivity index (χ4n) is 3.04. The Morgan fingerprint density at radius 1 is 1.40 bits per heavy atom. The van der Waals surface area contributed by atoms with Crippen LogP contribution < -0.4 is 0 Å². The second-order valence-electron chi connectivity index (χ2n) is 6.42. The molecule has 2 aromatic heterocycles. The van der Waals surface area contributed by atoms with Crippen molar-refractivity contribution in [2.45, 2.75) is 38.7 Å². The molecule has 0 spiro atoms. The number of aromatic nitrogens is 2. The van der Waals surface area contributed by atoms with Crippen LogP contribution in [0.15, 0.2) is 17.8 Å². The Kier molecular flexibility index (Phi) is 3.84. The first-order valence-electron chi connectivity index (χ1n) is 7.40. The molecule has 110 valence electrons. The molecule has 0 aromatic carbocycles. The van der Waals surface area contributed by atoms with E-state index in [1.54, 1.807) is 11.3 Å². The van der Waals surface area contributed by atoms with Gasteiger partial charge in [0.25, 0.3) is 0 Å². The Balaban J connectivity index is 1.61. The maximum absolute atomic E-state index is 10.8. The molecule has 0 saturated carbocycles. The molecule has 4 nitrogen and oxygen atoms in total. The van der Waals surface area contributed by atoms with Crippen LogP contribution in [0.5, 0.6) is 0 Å². The fourth-order valence-corrected chi connectivity index (χ4v) is 3.76.